The first-order chi connectivity index (χ1) is 8.72. The fourth-order valence-electron chi connectivity index (χ4n) is 1.94. The van der Waals surface area contributed by atoms with Gasteiger partial charge in [-0.05, 0) is 25.3 Å². The van der Waals surface area contributed by atoms with Crippen LogP contribution >= 0.6 is 0 Å². The summed E-state index contributed by atoms with van der Waals surface area (Å²) in [5.41, 5.74) is 2.50. The summed E-state index contributed by atoms with van der Waals surface area (Å²) in [6.07, 6.45) is 7.91. The normalized spacial score (nSPS) is 11.6. The Morgan fingerprint density at radius 2 is 1.78 bits per heavy atom. The van der Waals surface area contributed by atoms with Crippen molar-refractivity contribution in [3.05, 3.63) is 41.5 Å². The van der Waals surface area contributed by atoms with Crippen LogP contribution in [0.3, 0.4) is 0 Å². The Labute approximate surface area is 111 Å². The van der Waals surface area contributed by atoms with Crippen LogP contribution in [0.15, 0.2) is 35.9 Å². The van der Waals surface area contributed by atoms with Gasteiger partial charge in [0.2, 0.25) is 0 Å². The van der Waals surface area contributed by atoms with Gasteiger partial charge < -0.3 is 0 Å². The SMILES string of the molecule is CCCCCC(=O)CC/C(C)=C/c1ccccc1. The van der Waals surface area contributed by atoms with Crippen molar-refractivity contribution in [1.82, 2.24) is 0 Å². The summed E-state index contributed by atoms with van der Waals surface area (Å²) in [6.45, 7) is 4.27. The van der Waals surface area contributed by atoms with Gasteiger partial charge in [0.25, 0.3) is 0 Å². The fraction of sp³-hybridized carbons (Fsp3) is 0.471. The third kappa shape index (κ3) is 6.39. The van der Waals surface area contributed by atoms with Crippen molar-refractivity contribution in [3.8, 4) is 0 Å². The Bertz CT molecular complexity index is 376. The van der Waals surface area contributed by atoms with Crippen LogP contribution in [-0.2, 0) is 4.79 Å². The first kappa shape index (κ1) is 14.7. The number of hydrogen-bond acceptors (Lipinski definition) is 1. The molecular formula is C17H24O. The van der Waals surface area contributed by atoms with Gasteiger partial charge in [0, 0.05) is 12.8 Å². The number of carbonyl (C=O) groups is 1. The van der Waals surface area contributed by atoms with Gasteiger partial charge in [-0.1, -0.05) is 61.7 Å². The molecule has 0 N–H and O–H groups in total. The number of hydrogen-bond donors (Lipinski definition) is 0. The second kappa shape index (κ2) is 8.68. The third-order valence-electron chi connectivity index (χ3n) is 3.07. The van der Waals surface area contributed by atoms with Crippen LogP contribution in [0.25, 0.3) is 6.08 Å². The number of ketones is 1. The van der Waals surface area contributed by atoms with E-state index in [0.29, 0.717) is 12.2 Å². The van der Waals surface area contributed by atoms with Gasteiger partial charge in [-0.3, -0.25) is 4.79 Å². The fourth-order valence-corrected chi connectivity index (χ4v) is 1.94. The van der Waals surface area contributed by atoms with Crippen molar-refractivity contribution in [2.45, 2.75) is 52.4 Å². The molecule has 0 saturated carbocycles. The summed E-state index contributed by atoms with van der Waals surface area (Å²) in [5.74, 6) is 0.407. The lowest BCUT2D eigenvalue weighted by Gasteiger charge is -2.02. The van der Waals surface area contributed by atoms with E-state index in [-0.39, 0.29) is 0 Å². The Balaban J connectivity index is 2.30. The van der Waals surface area contributed by atoms with Crippen molar-refractivity contribution in [1.29, 1.82) is 0 Å². The van der Waals surface area contributed by atoms with Gasteiger partial charge in [0.15, 0.2) is 0 Å². The maximum Gasteiger partial charge on any atom is 0.133 e. The van der Waals surface area contributed by atoms with Crippen LogP contribution < -0.4 is 0 Å². The van der Waals surface area contributed by atoms with Crippen molar-refractivity contribution < 1.29 is 4.79 Å². The molecule has 0 amide bonds. The molecule has 0 bridgehead atoms. The molecule has 0 aliphatic rings. The lowest BCUT2D eigenvalue weighted by atomic mass is 10.0. The van der Waals surface area contributed by atoms with Crippen molar-refractivity contribution in [2.24, 2.45) is 0 Å². The van der Waals surface area contributed by atoms with Crippen molar-refractivity contribution >= 4 is 11.9 Å². The van der Waals surface area contributed by atoms with Crippen LogP contribution in [0.2, 0.25) is 0 Å². The molecule has 0 aliphatic heterocycles. The predicted molar refractivity (Wildman–Crippen MR) is 78.5 cm³/mol. The minimum atomic E-state index is 0.407. The average Bonchev–Trinajstić information content (AvgIpc) is 2.38. The van der Waals surface area contributed by atoms with Crippen LogP contribution in [0.5, 0.6) is 0 Å². The Morgan fingerprint density at radius 1 is 1.06 bits per heavy atom. The summed E-state index contributed by atoms with van der Waals surface area (Å²) in [4.78, 5) is 11.6. The highest BCUT2D eigenvalue weighted by Crippen LogP contribution is 2.12. The van der Waals surface area contributed by atoms with E-state index in [2.05, 4.69) is 32.1 Å². The number of allylic oxidation sites excluding steroid dienone is 1. The van der Waals surface area contributed by atoms with Gasteiger partial charge in [-0.25, -0.2) is 0 Å². The molecule has 0 spiro atoms. The largest absolute Gasteiger partial charge is 0.300 e. The molecule has 0 saturated heterocycles. The molecular weight excluding hydrogens is 220 g/mol. The molecule has 0 heterocycles. The number of carbonyl (C=O) groups excluding carboxylic acids is 1. The van der Waals surface area contributed by atoms with Crippen LogP contribution in [0, 0.1) is 0 Å². The third-order valence-corrected chi connectivity index (χ3v) is 3.07. The number of benzene rings is 1. The van der Waals surface area contributed by atoms with Crippen molar-refractivity contribution in [2.75, 3.05) is 0 Å². The summed E-state index contributed by atoms with van der Waals surface area (Å²) in [7, 11) is 0. The van der Waals surface area contributed by atoms with E-state index in [1.54, 1.807) is 0 Å². The lowest BCUT2D eigenvalue weighted by molar-refractivity contribution is -0.119. The highest BCUT2D eigenvalue weighted by atomic mass is 16.1. The number of unbranched alkanes of at least 4 members (excludes halogenated alkanes) is 2. The number of rotatable bonds is 8. The Kier molecular flexibility index (Phi) is 7.09. The number of Topliss-reactive ketones (excluding diaryl/α,β-unsaturated/α-hetero) is 1. The summed E-state index contributed by atoms with van der Waals surface area (Å²) < 4.78 is 0. The average molecular weight is 244 g/mol. The molecule has 1 nitrogen and oxygen atoms in total. The summed E-state index contributed by atoms with van der Waals surface area (Å²) in [6, 6.07) is 10.3. The van der Waals surface area contributed by atoms with Gasteiger partial charge in [0.05, 0.1) is 0 Å². The van der Waals surface area contributed by atoms with E-state index in [9.17, 15) is 4.79 Å². The van der Waals surface area contributed by atoms with E-state index < -0.39 is 0 Å². The molecule has 0 aromatic heterocycles. The molecule has 1 rings (SSSR count). The molecule has 0 fully saturated rings. The van der Waals surface area contributed by atoms with E-state index in [1.807, 2.05) is 18.2 Å². The Hall–Kier alpha value is -1.37. The maximum atomic E-state index is 11.6. The monoisotopic (exact) mass is 244 g/mol. The zero-order valence-electron chi connectivity index (χ0n) is 11.6. The molecule has 98 valence electrons. The molecule has 0 radical (unpaired) electrons. The Morgan fingerprint density at radius 3 is 2.44 bits per heavy atom. The smallest absolute Gasteiger partial charge is 0.133 e. The molecule has 0 aliphatic carbocycles. The molecule has 1 aromatic rings. The quantitative estimate of drug-likeness (QED) is 0.587. The molecule has 0 unspecified atom stereocenters. The first-order valence-corrected chi connectivity index (χ1v) is 6.96. The molecule has 18 heavy (non-hydrogen) atoms. The maximum absolute atomic E-state index is 11.6. The topological polar surface area (TPSA) is 17.1 Å². The van der Waals surface area contributed by atoms with E-state index in [4.69, 9.17) is 0 Å². The first-order valence-electron chi connectivity index (χ1n) is 6.96. The van der Waals surface area contributed by atoms with Gasteiger partial charge in [0.1, 0.15) is 5.78 Å². The summed E-state index contributed by atoms with van der Waals surface area (Å²) in [5, 5.41) is 0. The molecule has 1 heteroatoms. The van der Waals surface area contributed by atoms with Crippen LogP contribution in [0.1, 0.15) is 57.9 Å². The van der Waals surface area contributed by atoms with Crippen LogP contribution in [0.4, 0.5) is 0 Å². The minimum absolute atomic E-state index is 0.407. The predicted octanol–water partition coefficient (Wildman–Crippen LogP) is 5.02. The minimum Gasteiger partial charge on any atom is -0.300 e. The molecule has 0 atom stereocenters. The van der Waals surface area contributed by atoms with Gasteiger partial charge in [-0.2, -0.15) is 0 Å². The van der Waals surface area contributed by atoms with E-state index in [1.165, 1.54) is 24.0 Å². The second-order valence-electron chi connectivity index (χ2n) is 4.90. The van der Waals surface area contributed by atoms with E-state index in [0.717, 1.165) is 19.3 Å². The highest BCUT2D eigenvalue weighted by molar-refractivity contribution is 5.78. The zero-order chi connectivity index (χ0) is 13.2. The summed E-state index contributed by atoms with van der Waals surface area (Å²) >= 11 is 0. The standard InChI is InChI=1S/C17H24O/c1-3-4-6-11-17(18)13-12-15(2)14-16-9-7-5-8-10-16/h5,7-10,14H,3-4,6,11-13H2,1-2H3/b15-14+. The zero-order valence-corrected chi connectivity index (χ0v) is 11.6. The van der Waals surface area contributed by atoms with E-state index >= 15 is 0 Å². The van der Waals surface area contributed by atoms with Crippen LogP contribution in [-0.4, -0.2) is 5.78 Å². The van der Waals surface area contributed by atoms with Crippen molar-refractivity contribution in [3.63, 3.8) is 0 Å². The second-order valence-corrected chi connectivity index (χ2v) is 4.90. The van der Waals surface area contributed by atoms with Gasteiger partial charge in [-0.15, -0.1) is 0 Å². The highest BCUT2D eigenvalue weighted by Gasteiger charge is 2.02. The lowest BCUT2D eigenvalue weighted by Crippen LogP contribution is -1.97. The van der Waals surface area contributed by atoms with Gasteiger partial charge >= 0.3 is 0 Å². The molecule has 1 aromatic carbocycles.